The maximum absolute atomic E-state index is 12.0. The highest BCUT2D eigenvalue weighted by Crippen LogP contribution is 2.16. The predicted octanol–water partition coefficient (Wildman–Crippen LogP) is 3.42. The largest absolute Gasteiger partial charge is 0.473 e. The molecule has 0 aliphatic carbocycles. The molecular formula is C12H9BrF2N2O2. The summed E-state index contributed by atoms with van der Waals surface area (Å²) in [7, 11) is 0. The molecule has 2 heterocycles. The van der Waals surface area contributed by atoms with Crippen molar-refractivity contribution in [3.8, 4) is 11.8 Å². The smallest absolute Gasteiger partial charge is 0.388 e. The number of hydrogen-bond acceptors (Lipinski definition) is 4. The number of aromatic nitrogens is 2. The van der Waals surface area contributed by atoms with Crippen LogP contribution in [-0.2, 0) is 6.61 Å². The van der Waals surface area contributed by atoms with Gasteiger partial charge < -0.3 is 9.47 Å². The van der Waals surface area contributed by atoms with Gasteiger partial charge >= 0.3 is 6.61 Å². The van der Waals surface area contributed by atoms with E-state index >= 15 is 0 Å². The molecule has 4 nitrogen and oxygen atoms in total. The zero-order chi connectivity index (χ0) is 13.7. The first kappa shape index (κ1) is 13.7. The van der Waals surface area contributed by atoms with Crippen molar-refractivity contribution in [2.45, 2.75) is 13.2 Å². The topological polar surface area (TPSA) is 44.2 Å². The van der Waals surface area contributed by atoms with Crippen molar-refractivity contribution in [3.05, 3.63) is 46.7 Å². The lowest BCUT2D eigenvalue weighted by Gasteiger charge is -2.07. The molecule has 0 aliphatic heterocycles. The molecule has 7 heteroatoms. The van der Waals surface area contributed by atoms with Crippen molar-refractivity contribution in [3.63, 3.8) is 0 Å². The van der Waals surface area contributed by atoms with Gasteiger partial charge in [0.05, 0.1) is 0 Å². The fourth-order valence-electron chi connectivity index (χ4n) is 1.32. The summed E-state index contributed by atoms with van der Waals surface area (Å²) in [5, 5.41) is 0. The van der Waals surface area contributed by atoms with E-state index in [0.29, 0.717) is 16.0 Å². The Balaban J connectivity index is 1.99. The van der Waals surface area contributed by atoms with Crippen LogP contribution in [0.3, 0.4) is 0 Å². The molecule has 2 rings (SSSR count). The maximum Gasteiger partial charge on any atom is 0.388 e. The van der Waals surface area contributed by atoms with Crippen molar-refractivity contribution in [2.24, 2.45) is 0 Å². The standard InChI is InChI=1S/C12H9BrF2N2O2/c13-9-2-1-3-10(17-9)18-7-8-4-5-16-11(6-8)19-12(14)15/h1-6,12H,7H2. The quantitative estimate of drug-likeness (QED) is 0.788. The first-order valence-corrected chi connectivity index (χ1v) is 6.08. The summed E-state index contributed by atoms with van der Waals surface area (Å²) < 4.78 is 34.4. The Bertz CT molecular complexity index is 555. The Morgan fingerprint density at radius 1 is 1.21 bits per heavy atom. The number of nitrogens with zero attached hydrogens (tertiary/aromatic N) is 2. The van der Waals surface area contributed by atoms with Crippen LogP contribution < -0.4 is 9.47 Å². The van der Waals surface area contributed by atoms with Gasteiger partial charge in [-0.2, -0.15) is 8.78 Å². The first-order chi connectivity index (χ1) is 9.13. The van der Waals surface area contributed by atoms with E-state index in [0.717, 1.165) is 0 Å². The monoisotopic (exact) mass is 330 g/mol. The molecule has 2 aromatic rings. The first-order valence-electron chi connectivity index (χ1n) is 5.28. The minimum absolute atomic E-state index is 0.140. The molecule has 0 atom stereocenters. The molecule has 0 amide bonds. The molecule has 100 valence electrons. The molecule has 0 aromatic carbocycles. The number of rotatable bonds is 5. The number of pyridine rings is 2. The third-order valence-corrected chi connectivity index (χ3v) is 2.53. The van der Waals surface area contributed by atoms with Gasteiger partial charge in [-0.1, -0.05) is 6.07 Å². The summed E-state index contributed by atoms with van der Waals surface area (Å²) in [5.74, 6) is 0.292. The van der Waals surface area contributed by atoms with Crippen LogP contribution in [0.5, 0.6) is 11.8 Å². The number of ether oxygens (including phenoxy) is 2. The van der Waals surface area contributed by atoms with Gasteiger partial charge in [0, 0.05) is 18.3 Å². The fraction of sp³-hybridized carbons (Fsp3) is 0.167. The van der Waals surface area contributed by atoms with Crippen LogP contribution in [0.1, 0.15) is 5.56 Å². The molecule has 2 aromatic heterocycles. The summed E-state index contributed by atoms with van der Waals surface area (Å²) in [6.45, 7) is -2.71. The van der Waals surface area contributed by atoms with Gasteiger partial charge in [-0.3, -0.25) is 0 Å². The van der Waals surface area contributed by atoms with Gasteiger partial charge in [0.15, 0.2) is 0 Å². The highest BCUT2D eigenvalue weighted by molar-refractivity contribution is 9.10. The van der Waals surface area contributed by atoms with Crippen molar-refractivity contribution in [1.82, 2.24) is 9.97 Å². The molecule has 0 spiro atoms. The fourth-order valence-corrected chi connectivity index (χ4v) is 1.65. The summed E-state index contributed by atoms with van der Waals surface area (Å²) in [6, 6.07) is 8.29. The van der Waals surface area contributed by atoms with Crippen LogP contribution in [0.15, 0.2) is 41.1 Å². The summed E-state index contributed by atoms with van der Waals surface area (Å²) in [5.41, 5.74) is 0.660. The van der Waals surface area contributed by atoms with E-state index in [9.17, 15) is 8.78 Å². The average molecular weight is 331 g/mol. The molecule has 19 heavy (non-hydrogen) atoms. The third kappa shape index (κ3) is 4.44. The lowest BCUT2D eigenvalue weighted by Crippen LogP contribution is -2.04. The van der Waals surface area contributed by atoms with Crippen LogP contribution in [0.4, 0.5) is 8.78 Å². The number of alkyl halides is 2. The molecule has 0 N–H and O–H groups in total. The van der Waals surface area contributed by atoms with E-state index in [1.165, 1.54) is 12.3 Å². The summed E-state index contributed by atoms with van der Waals surface area (Å²) >= 11 is 3.22. The minimum Gasteiger partial charge on any atom is -0.473 e. The van der Waals surface area contributed by atoms with Crippen molar-refractivity contribution in [2.75, 3.05) is 0 Å². The third-order valence-electron chi connectivity index (χ3n) is 2.09. The van der Waals surface area contributed by atoms with Crippen molar-refractivity contribution in [1.29, 1.82) is 0 Å². The second-order valence-corrected chi connectivity index (χ2v) is 4.28. The van der Waals surface area contributed by atoms with E-state index in [4.69, 9.17) is 4.74 Å². The van der Waals surface area contributed by atoms with Gasteiger partial charge in [0.2, 0.25) is 11.8 Å². The Morgan fingerprint density at radius 2 is 2.05 bits per heavy atom. The highest BCUT2D eigenvalue weighted by atomic mass is 79.9. The van der Waals surface area contributed by atoms with Gasteiger partial charge in [-0.05, 0) is 33.6 Å². The van der Waals surface area contributed by atoms with E-state index in [1.807, 2.05) is 0 Å². The Hall–Kier alpha value is -1.76. The molecule has 0 saturated heterocycles. The summed E-state index contributed by atoms with van der Waals surface area (Å²) in [6.07, 6.45) is 1.38. The second kappa shape index (κ2) is 6.42. The lowest BCUT2D eigenvalue weighted by atomic mass is 10.3. The summed E-state index contributed by atoms with van der Waals surface area (Å²) in [4.78, 5) is 7.75. The van der Waals surface area contributed by atoms with Crippen LogP contribution in [0.2, 0.25) is 0 Å². The van der Waals surface area contributed by atoms with Gasteiger partial charge in [0.25, 0.3) is 0 Å². The molecule has 0 saturated carbocycles. The van der Waals surface area contributed by atoms with Crippen molar-refractivity contribution < 1.29 is 18.3 Å². The normalized spacial score (nSPS) is 10.5. The van der Waals surface area contributed by atoms with E-state index in [-0.39, 0.29) is 12.5 Å². The van der Waals surface area contributed by atoms with Crippen LogP contribution in [0, 0.1) is 0 Å². The van der Waals surface area contributed by atoms with Crippen LogP contribution in [0.25, 0.3) is 0 Å². The van der Waals surface area contributed by atoms with Gasteiger partial charge in [0.1, 0.15) is 11.2 Å². The average Bonchev–Trinajstić information content (AvgIpc) is 2.36. The molecule has 0 fully saturated rings. The molecule has 0 bridgehead atoms. The molecular weight excluding hydrogens is 322 g/mol. The predicted molar refractivity (Wildman–Crippen MR) is 67.1 cm³/mol. The van der Waals surface area contributed by atoms with Crippen LogP contribution in [-0.4, -0.2) is 16.6 Å². The number of hydrogen-bond donors (Lipinski definition) is 0. The Kier molecular flexibility index (Phi) is 4.62. The van der Waals surface area contributed by atoms with Gasteiger partial charge in [-0.15, -0.1) is 0 Å². The van der Waals surface area contributed by atoms with E-state index in [2.05, 4.69) is 30.6 Å². The van der Waals surface area contributed by atoms with Gasteiger partial charge in [-0.25, -0.2) is 9.97 Å². The SMILES string of the molecule is FC(F)Oc1cc(COc2cccc(Br)n2)ccn1. The Labute approximate surface area is 116 Å². The molecule has 0 aliphatic rings. The van der Waals surface area contributed by atoms with Crippen molar-refractivity contribution >= 4 is 15.9 Å². The van der Waals surface area contributed by atoms with E-state index < -0.39 is 6.61 Å². The maximum atomic E-state index is 12.0. The minimum atomic E-state index is -2.89. The lowest BCUT2D eigenvalue weighted by molar-refractivity contribution is -0.0529. The zero-order valence-corrected chi connectivity index (χ0v) is 11.2. The molecule has 0 radical (unpaired) electrons. The molecule has 0 unspecified atom stereocenters. The Morgan fingerprint density at radius 3 is 2.79 bits per heavy atom. The van der Waals surface area contributed by atoms with Crippen LogP contribution >= 0.6 is 15.9 Å². The second-order valence-electron chi connectivity index (χ2n) is 3.47. The zero-order valence-electron chi connectivity index (χ0n) is 9.59. The van der Waals surface area contributed by atoms with E-state index in [1.54, 1.807) is 24.3 Å². The number of halogens is 3. The highest BCUT2D eigenvalue weighted by Gasteiger charge is 2.06.